The highest BCUT2D eigenvalue weighted by Crippen LogP contribution is 2.36. The first-order valence-electron chi connectivity index (χ1n) is 8.77. The topological polar surface area (TPSA) is 113 Å². The second-order valence-electron chi connectivity index (χ2n) is 6.43. The largest absolute Gasteiger partial charge is 0.418 e. The van der Waals surface area contributed by atoms with E-state index in [1.54, 1.807) is 0 Å². The molecule has 2 aromatic carbocycles. The number of aromatic amines is 1. The molecule has 3 N–H and O–H groups in total. The van der Waals surface area contributed by atoms with Crippen molar-refractivity contribution < 1.29 is 22.8 Å². The second-order valence-corrected chi connectivity index (χ2v) is 6.43. The van der Waals surface area contributed by atoms with Crippen molar-refractivity contribution in [3.05, 3.63) is 86.4 Å². The van der Waals surface area contributed by atoms with Crippen LogP contribution in [0, 0.1) is 0 Å². The van der Waals surface area contributed by atoms with Crippen LogP contribution in [0.5, 0.6) is 0 Å². The van der Waals surface area contributed by atoms with Crippen molar-refractivity contribution in [2.24, 2.45) is 0 Å². The highest BCUT2D eigenvalue weighted by atomic mass is 19.4. The third kappa shape index (κ3) is 5.07. The van der Waals surface area contributed by atoms with Gasteiger partial charge in [-0.2, -0.15) is 13.2 Å². The van der Waals surface area contributed by atoms with Gasteiger partial charge in [-0.25, -0.2) is 4.68 Å². The van der Waals surface area contributed by atoms with E-state index in [1.165, 1.54) is 30.3 Å². The molecule has 0 fully saturated rings. The summed E-state index contributed by atoms with van der Waals surface area (Å²) in [6.45, 7) is 1.15. The lowest BCUT2D eigenvalue weighted by molar-refractivity contribution is -0.137. The fraction of sp³-hybridized carbons (Fsp3) is 0.100. The molecule has 1 heterocycles. The summed E-state index contributed by atoms with van der Waals surface area (Å²) in [7, 11) is 0. The van der Waals surface area contributed by atoms with Gasteiger partial charge in [0.2, 0.25) is 5.91 Å². The Labute approximate surface area is 172 Å². The van der Waals surface area contributed by atoms with Crippen molar-refractivity contribution in [2.45, 2.75) is 13.1 Å². The van der Waals surface area contributed by atoms with Gasteiger partial charge in [-0.05, 0) is 36.4 Å². The first-order chi connectivity index (χ1) is 14.5. The molecule has 1 aromatic heterocycles. The number of benzene rings is 2. The number of alkyl halides is 3. The lowest BCUT2D eigenvalue weighted by Gasteiger charge is -2.16. The number of rotatable bonds is 4. The fourth-order valence-electron chi connectivity index (χ4n) is 2.77. The summed E-state index contributed by atoms with van der Waals surface area (Å²) in [5.74, 6) is -1.41. The zero-order valence-corrected chi connectivity index (χ0v) is 15.9. The van der Waals surface area contributed by atoms with E-state index < -0.39 is 40.4 Å². The molecule has 0 aliphatic carbocycles. The molecule has 0 unspecified atom stereocenters. The molecular formula is C20H15F3N4O4. The standard InChI is InChI=1S/C20H15F3N4O4/c1-11(28)24-13-5-6-16(15(10-13)20(21,22)23)25-19(31)12-3-2-4-14(9-12)27-18(30)8-7-17(29)26-27/h2-10H,1H3,(H,24,28)(H,25,31)(H,26,29). The van der Waals surface area contributed by atoms with Gasteiger partial charge < -0.3 is 10.6 Å². The summed E-state index contributed by atoms with van der Waals surface area (Å²) >= 11 is 0. The van der Waals surface area contributed by atoms with Crippen LogP contribution in [-0.2, 0) is 11.0 Å². The van der Waals surface area contributed by atoms with Crippen molar-refractivity contribution in [1.82, 2.24) is 9.78 Å². The number of carbonyl (C=O) groups excluding carboxylic acids is 2. The van der Waals surface area contributed by atoms with Crippen molar-refractivity contribution in [3.8, 4) is 5.69 Å². The summed E-state index contributed by atoms with van der Waals surface area (Å²) in [6.07, 6.45) is -4.80. The van der Waals surface area contributed by atoms with Crippen molar-refractivity contribution in [2.75, 3.05) is 10.6 Å². The Kier molecular flexibility index (Phi) is 5.77. The molecule has 0 aliphatic rings. The van der Waals surface area contributed by atoms with Crippen LogP contribution in [-0.4, -0.2) is 21.6 Å². The minimum atomic E-state index is -4.80. The summed E-state index contributed by atoms with van der Waals surface area (Å²) in [5, 5.41) is 6.73. The summed E-state index contributed by atoms with van der Waals surface area (Å²) in [4.78, 5) is 47.1. The molecule has 0 aliphatic heterocycles. The molecule has 0 radical (unpaired) electrons. The lowest BCUT2D eigenvalue weighted by atomic mass is 10.1. The molecule has 0 atom stereocenters. The number of carbonyl (C=O) groups is 2. The molecular weight excluding hydrogens is 417 g/mol. The average molecular weight is 432 g/mol. The Morgan fingerprint density at radius 3 is 2.39 bits per heavy atom. The lowest BCUT2D eigenvalue weighted by Crippen LogP contribution is -2.26. The number of hydrogen-bond donors (Lipinski definition) is 3. The van der Waals surface area contributed by atoms with Gasteiger partial charge in [0.05, 0.1) is 16.9 Å². The summed E-state index contributed by atoms with van der Waals surface area (Å²) in [5.41, 5.74) is -2.75. The molecule has 8 nitrogen and oxygen atoms in total. The third-order valence-corrected chi connectivity index (χ3v) is 4.08. The highest BCUT2D eigenvalue weighted by Gasteiger charge is 2.34. The molecule has 160 valence electrons. The molecule has 2 amide bonds. The van der Waals surface area contributed by atoms with Gasteiger partial charge in [0, 0.05) is 30.3 Å². The minimum absolute atomic E-state index is 0.0480. The van der Waals surface area contributed by atoms with E-state index >= 15 is 0 Å². The molecule has 0 saturated carbocycles. The van der Waals surface area contributed by atoms with Gasteiger partial charge >= 0.3 is 6.18 Å². The molecule has 11 heteroatoms. The predicted octanol–water partition coefficient (Wildman–Crippen LogP) is 2.76. The number of H-pyrrole nitrogens is 1. The number of hydrogen-bond acceptors (Lipinski definition) is 4. The monoisotopic (exact) mass is 432 g/mol. The van der Waals surface area contributed by atoms with Crippen molar-refractivity contribution in [1.29, 1.82) is 0 Å². The van der Waals surface area contributed by atoms with Crippen LogP contribution >= 0.6 is 0 Å². The first-order valence-corrected chi connectivity index (χ1v) is 8.77. The van der Waals surface area contributed by atoms with E-state index in [2.05, 4.69) is 15.7 Å². The Morgan fingerprint density at radius 2 is 1.71 bits per heavy atom. The van der Waals surface area contributed by atoms with Gasteiger partial charge in [0.15, 0.2) is 0 Å². The maximum absolute atomic E-state index is 13.5. The van der Waals surface area contributed by atoms with E-state index in [9.17, 15) is 32.3 Å². The Bertz CT molecular complexity index is 1280. The number of amides is 2. The normalized spacial score (nSPS) is 11.1. The number of nitrogens with one attached hydrogen (secondary N) is 3. The second kappa shape index (κ2) is 8.30. The quantitative estimate of drug-likeness (QED) is 0.588. The van der Waals surface area contributed by atoms with E-state index in [1.807, 2.05) is 0 Å². The Morgan fingerprint density at radius 1 is 0.968 bits per heavy atom. The SMILES string of the molecule is CC(=O)Nc1ccc(NC(=O)c2cccc(-n3[nH]c(=O)ccc3=O)c2)c(C(F)(F)F)c1. The molecule has 0 saturated heterocycles. The molecule has 3 aromatic rings. The van der Waals surface area contributed by atoms with E-state index in [-0.39, 0.29) is 16.9 Å². The van der Waals surface area contributed by atoms with Gasteiger partial charge in [0.25, 0.3) is 17.0 Å². The van der Waals surface area contributed by atoms with Crippen LogP contribution in [0.2, 0.25) is 0 Å². The highest BCUT2D eigenvalue weighted by molar-refractivity contribution is 6.05. The van der Waals surface area contributed by atoms with Crippen LogP contribution < -0.4 is 21.8 Å². The molecule has 3 rings (SSSR count). The van der Waals surface area contributed by atoms with Gasteiger partial charge in [-0.15, -0.1) is 0 Å². The minimum Gasteiger partial charge on any atom is -0.326 e. The smallest absolute Gasteiger partial charge is 0.326 e. The van der Waals surface area contributed by atoms with Gasteiger partial charge in [-0.1, -0.05) is 6.07 Å². The molecule has 31 heavy (non-hydrogen) atoms. The number of anilines is 2. The van der Waals surface area contributed by atoms with Crippen LogP contribution in [0.4, 0.5) is 24.5 Å². The van der Waals surface area contributed by atoms with Crippen LogP contribution in [0.25, 0.3) is 5.69 Å². The Balaban J connectivity index is 1.95. The number of aromatic nitrogens is 2. The van der Waals surface area contributed by atoms with E-state index in [0.717, 1.165) is 29.8 Å². The predicted molar refractivity (Wildman–Crippen MR) is 106 cm³/mol. The van der Waals surface area contributed by atoms with Crippen LogP contribution in [0.3, 0.4) is 0 Å². The summed E-state index contributed by atoms with van der Waals surface area (Å²) < 4.78 is 41.3. The average Bonchev–Trinajstić information content (AvgIpc) is 2.70. The van der Waals surface area contributed by atoms with Gasteiger partial charge in [-0.3, -0.25) is 24.3 Å². The maximum Gasteiger partial charge on any atom is 0.418 e. The zero-order valence-electron chi connectivity index (χ0n) is 15.9. The Hall–Kier alpha value is -4.15. The van der Waals surface area contributed by atoms with Crippen molar-refractivity contribution >= 4 is 23.2 Å². The molecule has 0 bridgehead atoms. The number of nitrogens with zero attached hydrogens (tertiary/aromatic N) is 1. The van der Waals surface area contributed by atoms with Gasteiger partial charge in [0.1, 0.15) is 0 Å². The van der Waals surface area contributed by atoms with Crippen molar-refractivity contribution in [3.63, 3.8) is 0 Å². The third-order valence-electron chi connectivity index (χ3n) is 4.08. The fourth-order valence-corrected chi connectivity index (χ4v) is 2.77. The molecule has 0 spiro atoms. The summed E-state index contributed by atoms with van der Waals surface area (Å²) in [6, 6.07) is 10.5. The first kappa shape index (κ1) is 21.6. The van der Waals surface area contributed by atoms with Crippen LogP contribution in [0.15, 0.2) is 64.2 Å². The van der Waals surface area contributed by atoms with E-state index in [0.29, 0.717) is 6.07 Å². The maximum atomic E-state index is 13.5. The zero-order chi connectivity index (χ0) is 22.8. The van der Waals surface area contributed by atoms with Crippen LogP contribution in [0.1, 0.15) is 22.8 Å². The van der Waals surface area contributed by atoms with E-state index in [4.69, 9.17) is 0 Å². The number of halogens is 3.